The molecule has 0 atom stereocenters. The van der Waals surface area contributed by atoms with Crippen LogP contribution in [0.25, 0.3) is 11.0 Å². The number of H-pyrrole nitrogens is 1. The minimum atomic E-state index is -0.382. The fourth-order valence-electron chi connectivity index (χ4n) is 2.51. The molecule has 2 aromatic carbocycles. The van der Waals surface area contributed by atoms with E-state index < -0.39 is 0 Å². The van der Waals surface area contributed by atoms with Crippen LogP contribution < -0.4 is 10.1 Å². The zero-order valence-corrected chi connectivity index (χ0v) is 13.8. The first-order valence-electron chi connectivity index (χ1n) is 8.13. The molecule has 0 radical (unpaired) electrons. The van der Waals surface area contributed by atoms with Gasteiger partial charge in [-0.15, -0.1) is 0 Å². The molecule has 0 aliphatic heterocycles. The highest BCUT2D eigenvalue weighted by Gasteiger charge is 2.14. The van der Waals surface area contributed by atoms with Gasteiger partial charge in [0.25, 0.3) is 11.8 Å². The number of nitrogens with one attached hydrogen (secondary N) is 2. The average molecular weight is 348 g/mol. The molecule has 7 nitrogen and oxygen atoms in total. The number of ether oxygens (including phenoxy) is 1. The van der Waals surface area contributed by atoms with Gasteiger partial charge in [0.15, 0.2) is 0 Å². The summed E-state index contributed by atoms with van der Waals surface area (Å²) in [5.74, 6) is 0.638. The highest BCUT2D eigenvalue weighted by atomic mass is 16.5. The molecule has 2 N–H and O–H groups in total. The van der Waals surface area contributed by atoms with Crippen molar-refractivity contribution in [2.45, 2.75) is 13.2 Å². The van der Waals surface area contributed by atoms with E-state index in [-0.39, 0.29) is 24.1 Å². The number of amides is 1. The van der Waals surface area contributed by atoms with Gasteiger partial charge in [0.05, 0.1) is 23.6 Å². The van der Waals surface area contributed by atoms with E-state index in [9.17, 15) is 4.79 Å². The van der Waals surface area contributed by atoms with Crippen LogP contribution >= 0.6 is 0 Å². The van der Waals surface area contributed by atoms with E-state index >= 15 is 0 Å². The number of carbonyl (C=O) groups is 1. The molecule has 4 rings (SSSR count). The second-order valence-corrected chi connectivity index (χ2v) is 5.69. The Morgan fingerprint density at radius 2 is 1.92 bits per heavy atom. The number of hydrogen-bond donors (Lipinski definition) is 2. The van der Waals surface area contributed by atoms with Gasteiger partial charge in [-0.1, -0.05) is 42.5 Å². The van der Waals surface area contributed by atoms with Crippen LogP contribution in [-0.4, -0.2) is 21.0 Å². The minimum Gasteiger partial charge on any atom is -0.471 e. The lowest BCUT2D eigenvalue weighted by molar-refractivity contribution is 0.0912. The molecule has 4 aromatic rings. The Morgan fingerprint density at radius 3 is 2.77 bits per heavy atom. The van der Waals surface area contributed by atoms with Crippen molar-refractivity contribution in [3.8, 4) is 5.88 Å². The Morgan fingerprint density at radius 1 is 1.12 bits per heavy atom. The van der Waals surface area contributed by atoms with E-state index in [0.29, 0.717) is 12.4 Å². The molecule has 0 unspecified atom stereocenters. The molecule has 0 saturated heterocycles. The molecular weight excluding hydrogens is 332 g/mol. The smallest absolute Gasteiger partial charge is 0.290 e. The van der Waals surface area contributed by atoms with Crippen molar-refractivity contribution in [2.75, 3.05) is 0 Å². The number of aromatic nitrogens is 3. The van der Waals surface area contributed by atoms with Crippen molar-refractivity contribution in [2.24, 2.45) is 0 Å². The monoisotopic (exact) mass is 348 g/mol. The zero-order valence-electron chi connectivity index (χ0n) is 13.8. The maximum Gasteiger partial charge on any atom is 0.290 e. The Balaban J connectivity index is 1.34. The van der Waals surface area contributed by atoms with E-state index in [1.807, 2.05) is 54.6 Å². The molecule has 0 aliphatic carbocycles. The number of nitrogens with zero attached hydrogens (tertiary/aromatic N) is 2. The van der Waals surface area contributed by atoms with Crippen LogP contribution in [0.1, 0.15) is 21.9 Å². The minimum absolute atomic E-state index is 0.0872. The van der Waals surface area contributed by atoms with Gasteiger partial charge in [-0.05, 0) is 22.9 Å². The highest BCUT2D eigenvalue weighted by molar-refractivity contribution is 5.91. The molecule has 2 aromatic heterocycles. The first kappa shape index (κ1) is 15.9. The second-order valence-electron chi connectivity index (χ2n) is 5.69. The number of rotatable bonds is 6. The standard InChI is InChI=1S/C19H16N4O3/c24-19(20-11-17-21-14-8-4-5-9-15(14)22-17)16-10-18(23-26-16)25-12-13-6-2-1-3-7-13/h1-10H,11-12H2,(H,20,24)(H,21,22). The molecule has 26 heavy (non-hydrogen) atoms. The van der Waals surface area contributed by atoms with Gasteiger partial charge in [0.1, 0.15) is 12.4 Å². The van der Waals surface area contributed by atoms with Crippen LogP contribution in [0, 0.1) is 0 Å². The van der Waals surface area contributed by atoms with E-state index in [1.165, 1.54) is 6.07 Å². The normalized spacial score (nSPS) is 10.8. The predicted molar refractivity (Wildman–Crippen MR) is 94.5 cm³/mol. The average Bonchev–Trinajstić information content (AvgIpc) is 3.32. The third-order valence-corrected chi connectivity index (χ3v) is 3.80. The third kappa shape index (κ3) is 3.56. The van der Waals surface area contributed by atoms with Gasteiger partial charge in [-0.25, -0.2) is 4.98 Å². The molecule has 0 bridgehead atoms. The summed E-state index contributed by atoms with van der Waals surface area (Å²) in [6.45, 7) is 0.613. The number of aromatic amines is 1. The van der Waals surface area contributed by atoms with Crippen molar-refractivity contribution >= 4 is 16.9 Å². The first-order chi connectivity index (χ1) is 12.8. The van der Waals surface area contributed by atoms with E-state index in [2.05, 4.69) is 20.4 Å². The number of hydrogen-bond acceptors (Lipinski definition) is 5. The highest BCUT2D eigenvalue weighted by Crippen LogP contribution is 2.14. The fraction of sp³-hybridized carbons (Fsp3) is 0.105. The number of imidazole rings is 1. The SMILES string of the molecule is O=C(NCc1nc2ccccc2[nH]1)c1cc(OCc2ccccc2)no1. The van der Waals surface area contributed by atoms with E-state index in [1.54, 1.807) is 0 Å². The topological polar surface area (TPSA) is 93.0 Å². The summed E-state index contributed by atoms with van der Waals surface area (Å²) < 4.78 is 10.6. The molecule has 2 heterocycles. The maximum atomic E-state index is 12.2. The van der Waals surface area contributed by atoms with Gasteiger partial charge < -0.3 is 19.6 Å². The molecule has 1 amide bonds. The largest absolute Gasteiger partial charge is 0.471 e. The second kappa shape index (κ2) is 7.10. The lowest BCUT2D eigenvalue weighted by Crippen LogP contribution is -2.22. The summed E-state index contributed by atoms with van der Waals surface area (Å²) in [5, 5.41) is 6.50. The van der Waals surface area contributed by atoms with Gasteiger partial charge in [-0.3, -0.25) is 4.79 Å². The first-order valence-corrected chi connectivity index (χ1v) is 8.13. The summed E-state index contributed by atoms with van der Waals surface area (Å²) in [5.41, 5.74) is 2.78. The number of carbonyl (C=O) groups excluding carboxylic acids is 1. The van der Waals surface area contributed by atoms with E-state index in [0.717, 1.165) is 16.6 Å². The Bertz CT molecular complexity index is 990. The number of benzene rings is 2. The third-order valence-electron chi connectivity index (χ3n) is 3.80. The van der Waals surface area contributed by atoms with Gasteiger partial charge in [0, 0.05) is 0 Å². The molecule has 0 fully saturated rings. The molecule has 0 aliphatic rings. The van der Waals surface area contributed by atoms with Crippen LogP contribution in [0.4, 0.5) is 0 Å². The molecular formula is C19H16N4O3. The molecule has 0 spiro atoms. The van der Waals surface area contributed by atoms with Gasteiger partial charge >= 0.3 is 0 Å². The van der Waals surface area contributed by atoms with Crippen molar-refractivity contribution in [3.05, 3.63) is 77.8 Å². The van der Waals surface area contributed by atoms with Crippen molar-refractivity contribution in [3.63, 3.8) is 0 Å². The summed E-state index contributed by atoms with van der Waals surface area (Å²) in [6.07, 6.45) is 0. The van der Waals surface area contributed by atoms with Crippen LogP contribution in [0.3, 0.4) is 0 Å². The van der Waals surface area contributed by atoms with Crippen LogP contribution in [0.5, 0.6) is 5.88 Å². The number of fused-ring (bicyclic) bond motifs is 1. The van der Waals surface area contributed by atoms with Crippen LogP contribution in [0.15, 0.2) is 65.2 Å². The maximum absolute atomic E-state index is 12.2. The summed E-state index contributed by atoms with van der Waals surface area (Å²) >= 11 is 0. The van der Waals surface area contributed by atoms with Crippen LogP contribution in [0.2, 0.25) is 0 Å². The van der Waals surface area contributed by atoms with Crippen molar-refractivity contribution in [1.29, 1.82) is 0 Å². The Hall–Kier alpha value is -3.61. The lowest BCUT2D eigenvalue weighted by atomic mass is 10.2. The van der Waals surface area contributed by atoms with Crippen molar-refractivity contribution in [1.82, 2.24) is 20.4 Å². The lowest BCUT2D eigenvalue weighted by Gasteiger charge is -2.01. The Kier molecular flexibility index (Phi) is 4.34. The van der Waals surface area contributed by atoms with E-state index in [4.69, 9.17) is 9.26 Å². The molecule has 7 heteroatoms. The van der Waals surface area contributed by atoms with Crippen molar-refractivity contribution < 1.29 is 14.1 Å². The van der Waals surface area contributed by atoms with Gasteiger partial charge in [-0.2, -0.15) is 0 Å². The number of para-hydroxylation sites is 2. The fourth-order valence-corrected chi connectivity index (χ4v) is 2.51. The quantitative estimate of drug-likeness (QED) is 0.559. The summed E-state index contributed by atoms with van der Waals surface area (Å²) in [7, 11) is 0. The summed E-state index contributed by atoms with van der Waals surface area (Å²) in [4.78, 5) is 19.7. The zero-order chi connectivity index (χ0) is 17.8. The molecule has 130 valence electrons. The van der Waals surface area contributed by atoms with Crippen LogP contribution in [-0.2, 0) is 13.2 Å². The van der Waals surface area contributed by atoms with Gasteiger partial charge in [0.2, 0.25) is 5.76 Å². The summed E-state index contributed by atoms with van der Waals surface area (Å²) in [6, 6.07) is 18.8. The molecule has 0 saturated carbocycles. The Labute approximate surface area is 149 Å². The predicted octanol–water partition coefficient (Wildman–Crippen LogP) is 3.06.